The van der Waals surface area contributed by atoms with Crippen molar-refractivity contribution >= 4 is 29.1 Å². The molecule has 0 radical (unpaired) electrons. The first-order chi connectivity index (χ1) is 30.8. The van der Waals surface area contributed by atoms with Crippen LogP contribution in [0.4, 0.5) is 23.2 Å². The summed E-state index contributed by atoms with van der Waals surface area (Å²) in [6, 6.07) is 39.0. The van der Waals surface area contributed by atoms with Crippen LogP contribution >= 0.6 is 0 Å². The van der Waals surface area contributed by atoms with Crippen LogP contribution in [0.3, 0.4) is 0 Å². The second kappa shape index (κ2) is 13.7. The van der Waals surface area contributed by atoms with Gasteiger partial charge >= 0.3 is 0 Å². The van der Waals surface area contributed by atoms with Crippen LogP contribution in [-0.4, -0.2) is 0 Å². The fourth-order valence-corrected chi connectivity index (χ4v) is 11.2. The van der Waals surface area contributed by atoms with Crippen molar-refractivity contribution in [3.8, 4) is 33.4 Å². The molecule has 0 saturated carbocycles. The quantitative estimate of drug-likeness (QED) is 0.173. The lowest BCUT2D eigenvalue weighted by molar-refractivity contribution is 0.578. The van der Waals surface area contributed by atoms with E-state index in [4.69, 9.17) is 0 Å². The second-order valence-electron chi connectivity index (χ2n) is 18.8. The van der Waals surface area contributed by atoms with Crippen molar-refractivity contribution in [3.63, 3.8) is 0 Å². The minimum Gasteiger partial charge on any atom is -0.374 e. The highest BCUT2D eigenvalue weighted by Gasteiger charge is 2.39. The summed E-state index contributed by atoms with van der Waals surface area (Å²) in [5.41, 5.74) is 19.6. The van der Waals surface area contributed by atoms with E-state index < -0.39 is 35.4 Å². The summed E-state index contributed by atoms with van der Waals surface area (Å²) in [6.45, 7) is 9.08. The Morgan fingerprint density at radius 3 is 1.69 bits per heavy atom. The number of hydrogen-bond donors (Lipinski definition) is 2. The Morgan fingerprint density at radius 1 is 0.484 bits per heavy atom. The Labute approximate surface area is 370 Å². The van der Waals surface area contributed by atoms with E-state index in [1.807, 2.05) is 12.2 Å². The first-order valence-electron chi connectivity index (χ1n) is 21.8. The monoisotopic (exact) mass is 842 g/mol. The molecule has 0 bridgehead atoms. The van der Waals surface area contributed by atoms with Gasteiger partial charge in [-0.1, -0.05) is 119 Å². The normalized spacial score (nSPS) is 18.7. The molecule has 0 saturated heterocycles. The van der Waals surface area contributed by atoms with Crippen LogP contribution in [0.25, 0.3) is 56.8 Å². The fraction of sp³-hybridized carbons (Fsp3) is 0.138. The van der Waals surface area contributed by atoms with E-state index in [2.05, 4.69) is 148 Å². The molecule has 0 aromatic heterocycles. The summed E-state index contributed by atoms with van der Waals surface area (Å²) in [4.78, 5) is 0. The summed E-state index contributed by atoms with van der Waals surface area (Å²) in [5.74, 6) is -2.61. The molecule has 2 unspecified atom stereocenters. The van der Waals surface area contributed by atoms with Crippen molar-refractivity contribution in [2.24, 2.45) is 0 Å². The van der Waals surface area contributed by atoms with Gasteiger partial charge in [-0.15, -0.1) is 0 Å². The number of dihydropyridines is 1. The maximum absolute atomic E-state index is 14.8. The first-order valence-corrected chi connectivity index (χ1v) is 21.8. The van der Waals surface area contributed by atoms with Crippen molar-refractivity contribution < 1.29 is 17.6 Å². The van der Waals surface area contributed by atoms with E-state index in [-0.39, 0.29) is 10.8 Å². The summed E-state index contributed by atoms with van der Waals surface area (Å²) < 4.78 is 59.3. The Morgan fingerprint density at radius 2 is 1.05 bits per heavy atom. The van der Waals surface area contributed by atoms with Gasteiger partial charge in [0.1, 0.15) is 23.3 Å². The Kier molecular flexibility index (Phi) is 8.22. The third-order valence-electron chi connectivity index (χ3n) is 14.4. The fourth-order valence-electron chi connectivity index (χ4n) is 11.2. The van der Waals surface area contributed by atoms with Crippen LogP contribution in [0, 0.1) is 23.3 Å². The highest BCUT2D eigenvalue weighted by atomic mass is 19.1. The minimum atomic E-state index is -0.660. The number of nitrogens with one attached hydrogen (secondary N) is 2. The topological polar surface area (TPSA) is 24.1 Å². The average Bonchev–Trinajstić information content (AvgIpc) is 3.66. The summed E-state index contributed by atoms with van der Waals surface area (Å²) in [5, 5.41) is 7.50. The molecule has 2 nitrogen and oxygen atoms in total. The molecule has 0 amide bonds. The van der Waals surface area contributed by atoms with Crippen LogP contribution in [0.15, 0.2) is 151 Å². The highest BCUT2D eigenvalue weighted by molar-refractivity contribution is 6.03. The molecule has 12 rings (SSSR count). The molecule has 312 valence electrons. The van der Waals surface area contributed by atoms with Gasteiger partial charge in [-0.25, -0.2) is 17.6 Å². The smallest absolute Gasteiger partial charge is 0.126 e. The highest BCUT2D eigenvalue weighted by Crippen LogP contribution is 2.55. The Balaban J connectivity index is 1.10. The maximum atomic E-state index is 14.8. The van der Waals surface area contributed by atoms with Crippen molar-refractivity contribution in [1.82, 2.24) is 5.32 Å². The molecule has 0 fully saturated rings. The van der Waals surface area contributed by atoms with Gasteiger partial charge in [-0.3, -0.25) is 0 Å². The Hall–Kier alpha value is -7.18. The van der Waals surface area contributed by atoms with E-state index in [9.17, 15) is 17.6 Å². The molecule has 2 N–H and O–H groups in total. The number of allylic oxidation sites excluding steroid dienone is 2. The maximum Gasteiger partial charge on any atom is 0.126 e. The lowest BCUT2D eigenvalue weighted by Gasteiger charge is -2.37. The molecule has 0 spiro atoms. The molecule has 7 aromatic rings. The number of rotatable bonds is 4. The molecule has 7 aromatic carbocycles. The number of hydrogen-bond acceptors (Lipinski definition) is 2. The van der Waals surface area contributed by atoms with Gasteiger partial charge in [-0.05, 0) is 138 Å². The van der Waals surface area contributed by atoms with Crippen molar-refractivity contribution in [3.05, 3.63) is 230 Å². The molecule has 2 heterocycles. The molecular weight excluding hydrogens is 801 g/mol. The van der Waals surface area contributed by atoms with E-state index in [1.165, 1.54) is 68.8 Å². The molecule has 3 aliphatic carbocycles. The summed E-state index contributed by atoms with van der Waals surface area (Å²) in [7, 11) is 0. The number of anilines is 1. The zero-order chi connectivity index (χ0) is 43.8. The van der Waals surface area contributed by atoms with Crippen molar-refractivity contribution in [2.75, 3.05) is 5.32 Å². The molecule has 5 aliphatic rings. The van der Waals surface area contributed by atoms with Gasteiger partial charge in [-0.2, -0.15) is 0 Å². The summed E-state index contributed by atoms with van der Waals surface area (Å²) in [6.07, 6.45) is 10.3. The lowest BCUT2D eigenvalue weighted by atomic mass is 9.74. The van der Waals surface area contributed by atoms with Gasteiger partial charge < -0.3 is 10.6 Å². The number of halogens is 4. The standard InChI is InChI=1S/C58H42F4N2/c1-57(2)49-11-7-5-9-39(49)41-15-13-31(25-51(41)57)45-29-47-48(55-43(45)17-19-53(63-55)33-21-35(59)27-36(60)22-33)30-46(44-18-20-54(64-56(44)47)34-23-37(61)28-38(62)24-34)32-14-16-42-40-10-6-8-12-50(40)58(3,4)52(42)26-32/h5-30,53,56,63-64H,1-4H3. The molecular formula is C58H42F4N2. The minimum absolute atomic E-state index is 0.234. The van der Waals surface area contributed by atoms with E-state index in [0.29, 0.717) is 16.8 Å². The number of benzene rings is 7. The van der Waals surface area contributed by atoms with Gasteiger partial charge in [0.15, 0.2) is 0 Å². The lowest BCUT2D eigenvalue weighted by Crippen LogP contribution is -2.29. The third-order valence-corrected chi connectivity index (χ3v) is 14.4. The first kappa shape index (κ1) is 38.5. The molecule has 2 aliphatic heterocycles. The third kappa shape index (κ3) is 5.71. The molecule has 64 heavy (non-hydrogen) atoms. The van der Waals surface area contributed by atoms with Crippen LogP contribution in [0.5, 0.6) is 0 Å². The Bertz CT molecular complexity index is 3300. The SMILES string of the molecule is CC1(C)c2ccccc2-c2ccc(C3=Cc4c(cc(-c5ccc6c(c5)C(C)(C)c5ccccc5-6)c5c4NC(c4cc(F)cc(F)c4)C=C5)C4NC(c5cc(F)cc(F)c5)=CC=C34)cc21. The van der Waals surface area contributed by atoms with Gasteiger partial charge in [0.2, 0.25) is 0 Å². The predicted molar refractivity (Wildman–Crippen MR) is 251 cm³/mol. The predicted octanol–water partition coefficient (Wildman–Crippen LogP) is 14.9. The molecule has 6 heteroatoms. The second-order valence-corrected chi connectivity index (χ2v) is 18.8. The zero-order valence-electron chi connectivity index (χ0n) is 35.7. The van der Waals surface area contributed by atoms with E-state index in [0.717, 1.165) is 62.3 Å². The molecule has 2 atom stereocenters. The van der Waals surface area contributed by atoms with Crippen LogP contribution in [0.2, 0.25) is 0 Å². The van der Waals surface area contributed by atoms with Crippen molar-refractivity contribution in [2.45, 2.75) is 50.6 Å². The van der Waals surface area contributed by atoms with E-state index >= 15 is 0 Å². The average molecular weight is 843 g/mol. The van der Waals surface area contributed by atoms with Crippen LogP contribution in [0.1, 0.15) is 95.4 Å². The van der Waals surface area contributed by atoms with Gasteiger partial charge in [0.05, 0.1) is 17.8 Å². The number of fused-ring (bicyclic) bond motifs is 11. The van der Waals surface area contributed by atoms with Gasteiger partial charge in [0.25, 0.3) is 0 Å². The van der Waals surface area contributed by atoms with Crippen LogP contribution < -0.4 is 10.6 Å². The van der Waals surface area contributed by atoms with Crippen LogP contribution in [-0.2, 0) is 10.8 Å². The zero-order valence-corrected chi connectivity index (χ0v) is 35.7. The van der Waals surface area contributed by atoms with Crippen molar-refractivity contribution in [1.29, 1.82) is 0 Å². The van der Waals surface area contributed by atoms with E-state index in [1.54, 1.807) is 0 Å². The largest absolute Gasteiger partial charge is 0.374 e. The summed E-state index contributed by atoms with van der Waals surface area (Å²) >= 11 is 0. The van der Waals surface area contributed by atoms with Gasteiger partial charge in [0, 0.05) is 45.4 Å².